The van der Waals surface area contributed by atoms with Crippen molar-refractivity contribution in [2.45, 2.75) is 111 Å². The summed E-state index contributed by atoms with van der Waals surface area (Å²) in [5.41, 5.74) is 10.5. The number of carbonyl (C=O) groups is 5. The zero-order valence-corrected chi connectivity index (χ0v) is 47.4. The second-order valence-electron chi connectivity index (χ2n) is 19.1. The third-order valence-electron chi connectivity index (χ3n) is 13.4. The number of hydrogen-bond acceptors (Lipinski definition) is 9. The minimum Gasteiger partial charge on any atom is -0.464 e. The van der Waals surface area contributed by atoms with Crippen LogP contribution in [0.2, 0.25) is 0 Å². The molecule has 14 nitrogen and oxygen atoms in total. The van der Waals surface area contributed by atoms with Crippen LogP contribution in [0.1, 0.15) is 90.7 Å². The molecule has 2 N–H and O–H groups in total. The van der Waals surface area contributed by atoms with E-state index in [2.05, 4.69) is 84.3 Å². The van der Waals surface area contributed by atoms with Gasteiger partial charge in [0, 0.05) is 74.8 Å². The Morgan fingerprint density at radius 2 is 1.70 bits per heavy atom. The molecule has 7 rings (SSSR count). The number of amides is 4. The molecule has 390 valence electrons. The molecule has 0 saturated carbocycles. The first-order valence-corrected chi connectivity index (χ1v) is 23.3. The minimum atomic E-state index is -1.05. The Morgan fingerprint density at radius 1 is 0.986 bits per heavy atom. The molecule has 0 aliphatic carbocycles. The Morgan fingerprint density at radius 3 is 2.38 bits per heavy atom. The van der Waals surface area contributed by atoms with Crippen LogP contribution in [0.3, 0.4) is 0 Å². The summed E-state index contributed by atoms with van der Waals surface area (Å²) >= 11 is 0. The Kier molecular flexibility index (Phi) is 24.0. The Balaban J connectivity index is 0.00000346. The van der Waals surface area contributed by atoms with Gasteiger partial charge in [-0.15, -0.1) is 0 Å². The number of methoxy groups -OCH3 is 1. The van der Waals surface area contributed by atoms with Crippen LogP contribution in [0.5, 0.6) is 0 Å². The molecule has 6 bridgehead atoms. The number of benzene rings is 2. The van der Waals surface area contributed by atoms with E-state index in [-0.39, 0.29) is 111 Å². The number of likely N-dealkylation sites (N-methyl/N-ethyl adjacent to an activating group) is 1. The molecule has 5 atom stereocenters. The van der Waals surface area contributed by atoms with Crippen LogP contribution >= 0.6 is 67.5 Å². The number of likely N-dealkylation sites (tertiary alicyclic amines) is 1. The maximum Gasteiger partial charge on any atom is 0.324 e. The minimum absolute atomic E-state index is 0. The van der Waals surface area contributed by atoms with Crippen LogP contribution in [-0.4, -0.2) is 112 Å². The molecule has 0 unspecified atom stereocenters. The van der Waals surface area contributed by atoms with Gasteiger partial charge in [0.15, 0.2) is 0 Å². The second-order valence-corrected chi connectivity index (χ2v) is 19.1. The van der Waals surface area contributed by atoms with Gasteiger partial charge in [-0.25, -0.2) is 5.43 Å². The SMILES string of the molecule is CC#CC(=O)N1CC[C@H](C(=O)N(C)[C@H](C(=O)N[C@H]2Cc3cccc(c3)-c3ccc4c(c3)c(c(-c3cccnc3[C@H](C)OC)n4CC)CC(C)(C)COC(=O)[C@@H]3CCCN(N3)C2=O)C(C)C)C1.S.S.S.S.S. The van der Waals surface area contributed by atoms with Crippen LogP contribution in [0.25, 0.3) is 33.3 Å². The number of rotatable bonds is 9. The van der Waals surface area contributed by atoms with Crippen molar-refractivity contribution in [1.29, 1.82) is 0 Å². The fourth-order valence-electron chi connectivity index (χ4n) is 9.93. The summed E-state index contributed by atoms with van der Waals surface area (Å²) in [5.74, 6) is 2.49. The number of nitrogens with one attached hydrogen (secondary N) is 2. The van der Waals surface area contributed by atoms with E-state index in [9.17, 15) is 24.0 Å². The topological polar surface area (TPSA) is 155 Å². The van der Waals surface area contributed by atoms with Crippen molar-refractivity contribution in [1.82, 2.24) is 35.1 Å². The molecule has 4 amide bonds. The molecule has 5 heterocycles. The highest BCUT2D eigenvalue weighted by atomic mass is 32.1. The van der Waals surface area contributed by atoms with Gasteiger partial charge in [-0.3, -0.25) is 34.0 Å². The molecule has 4 aromatic rings. The number of hydrazine groups is 1. The van der Waals surface area contributed by atoms with E-state index in [1.165, 1.54) is 9.91 Å². The van der Waals surface area contributed by atoms with Gasteiger partial charge in [0.2, 0.25) is 11.8 Å². The zero-order chi connectivity index (χ0) is 47.4. The average molecular weight is 1070 g/mol. The Hall–Kier alpha value is -4.29. The molecule has 2 aromatic heterocycles. The largest absolute Gasteiger partial charge is 0.464 e. The van der Waals surface area contributed by atoms with Gasteiger partial charge in [-0.2, -0.15) is 67.5 Å². The first-order chi connectivity index (χ1) is 31.5. The second kappa shape index (κ2) is 27.1. The summed E-state index contributed by atoms with van der Waals surface area (Å²) in [6, 6.07) is 15.8. The van der Waals surface area contributed by atoms with Crippen molar-refractivity contribution in [3.8, 4) is 34.2 Å². The van der Waals surface area contributed by atoms with E-state index >= 15 is 0 Å². The van der Waals surface area contributed by atoms with E-state index in [4.69, 9.17) is 14.5 Å². The molecule has 19 heteroatoms. The Labute approximate surface area is 454 Å². The smallest absolute Gasteiger partial charge is 0.324 e. The lowest BCUT2D eigenvalue weighted by atomic mass is 9.84. The number of esters is 1. The molecule has 2 aromatic carbocycles. The Bertz CT molecular complexity index is 2580. The molecule has 71 heavy (non-hydrogen) atoms. The third-order valence-corrected chi connectivity index (χ3v) is 13.4. The van der Waals surface area contributed by atoms with E-state index in [1.54, 1.807) is 32.2 Å². The van der Waals surface area contributed by atoms with E-state index in [0.29, 0.717) is 45.3 Å². The predicted octanol–water partition coefficient (Wildman–Crippen LogP) is 6.66. The number of cyclic esters (lactones) is 1. The summed E-state index contributed by atoms with van der Waals surface area (Å²) in [5, 5.41) is 5.57. The van der Waals surface area contributed by atoms with Crippen molar-refractivity contribution in [2.24, 2.45) is 17.3 Å². The first kappa shape index (κ1) is 62.8. The summed E-state index contributed by atoms with van der Waals surface area (Å²) in [7, 11) is 3.30. The van der Waals surface area contributed by atoms with Crippen LogP contribution in [0, 0.1) is 29.1 Å². The standard InChI is InChI=1S/C52H65N7O7.5H2S/c1-10-15-44(60)57-25-22-37(30-57)49(62)56(8)46(32(3)4)48(61)54-42-27-34-16-12-17-35(26-34)36-20-21-43-39(28-36)40(47(58(43)11-2)38-18-13-23-53-45(38)33(5)65-9)29-52(6,7)31-66-51(64)41-19-14-24-59(55-41)50(42)63;;;;;/h12-13,16-18,20-21,23,26,28,32-33,37,41-42,46,55H,11,14,19,22,24-25,27,29-31H2,1-9H3,(H,54,61);5*1H2/t33-,37-,41-,42-,46-;;;;;/m0...../s1. The zero-order valence-electron chi connectivity index (χ0n) is 42.4. The highest BCUT2D eigenvalue weighted by Gasteiger charge is 2.40. The van der Waals surface area contributed by atoms with Crippen LogP contribution in [0.15, 0.2) is 60.8 Å². The molecule has 3 aliphatic rings. The maximum atomic E-state index is 14.7. The van der Waals surface area contributed by atoms with Crippen molar-refractivity contribution < 1.29 is 33.4 Å². The third kappa shape index (κ3) is 13.9. The molecule has 3 aliphatic heterocycles. The first-order valence-electron chi connectivity index (χ1n) is 23.3. The van der Waals surface area contributed by atoms with E-state index in [0.717, 1.165) is 50.1 Å². The summed E-state index contributed by atoms with van der Waals surface area (Å²) in [4.78, 5) is 77.4. The predicted molar refractivity (Wildman–Crippen MR) is 305 cm³/mol. The normalized spacial score (nSPS) is 19.3. The van der Waals surface area contributed by atoms with Crippen molar-refractivity contribution >= 4 is 108 Å². The fraction of sp³-hybridized carbons (Fsp3) is 0.500. The van der Waals surface area contributed by atoms with Gasteiger partial charge in [0.25, 0.3) is 11.8 Å². The number of aromatic nitrogens is 2. The van der Waals surface area contributed by atoms with Crippen LogP contribution in [-0.2, 0) is 52.8 Å². The van der Waals surface area contributed by atoms with Crippen LogP contribution < -0.4 is 10.7 Å². The molecule has 0 radical (unpaired) electrons. The summed E-state index contributed by atoms with van der Waals surface area (Å²) in [6.45, 7) is 15.5. The number of nitrogens with zero attached hydrogens (tertiary/aromatic N) is 5. The van der Waals surface area contributed by atoms with Gasteiger partial charge in [-0.05, 0) is 105 Å². The van der Waals surface area contributed by atoms with E-state index in [1.807, 2.05) is 39.0 Å². The fourth-order valence-corrected chi connectivity index (χ4v) is 9.93. The molecule has 2 fully saturated rings. The number of carbonyl (C=O) groups excluding carboxylic acids is 5. The quantitative estimate of drug-likeness (QED) is 0.138. The lowest BCUT2D eigenvalue weighted by Gasteiger charge is -2.37. The van der Waals surface area contributed by atoms with Gasteiger partial charge >= 0.3 is 5.97 Å². The van der Waals surface area contributed by atoms with Crippen LogP contribution in [0.4, 0.5) is 0 Å². The molecular weight excluding hydrogens is 995 g/mol. The highest BCUT2D eigenvalue weighted by Crippen LogP contribution is 2.42. The number of hydrogen-bond donors (Lipinski definition) is 2. The van der Waals surface area contributed by atoms with Crippen molar-refractivity contribution in [3.05, 3.63) is 77.6 Å². The van der Waals surface area contributed by atoms with Gasteiger partial charge in [0.05, 0.1) is 30.0 Å². The summed E-state index contributed by atoms with van der Waals surface area (Å²) < 4.78 is 14.3. The monoisotopic (exact) mass is 1070 g/mol. The number of fused-ring (bicyclic) bond motifs is 6. The van der Waals surface area contributed by atoms with Gasteiger partial charge in [-0.1, -0.05) is 63.9 Å². The van der Waals surface area contributed by atoms with Gasteiger partial charge < -0.3 is 29.2 Å². The number of ether oxygens (including phenoxy) is 2. The van der Waals surface area contributed by atoms with Crippen molar-refractivity contribution in [2.75, 3.05) is 40.4 Å². The lowest BCUT2D eigenvalue weighted by molar-refractivity contribution is -0.155. The number of pyridine rings is 1. The average Bonchev–Trinajstić information content (AvgIpc) is 3.92. The highest BCUT2D eigenvalue weighted by molar-refractivity contribution is 7.60. The van der Waals surface area contributed by atoms with E-state index < -0.39 is 47.2 Å². The lowest BCUT2D eigenvalue weighted by Crippen LogP contribution is -2.62. The van der Waals surface area contributed by atoms with Gasteiger partial charge in [0.1, 0.15) is 18.1 Å². The molecule has 0 spiro atoms. The molecule has 2 saturated heterocycles. The summed E-state index contributed by atoms with van der Waals surface area (Å²) in [6.07, 6.45) is 3.75. The van der Waals surface area contributed by atoms with Crippen molar-refractivity contribution in [3.63, 3.8) is 0 Å². The maximum absolute atomic E-state index is 14.7. The number of aryl methyl sites for hydroxylation is 1. The molecular formula is C52H75N7O7S5.